The molecule has 19 heavy (non-hydrogen) atoms. The first-order valence-corrected chi connectivity index (χ1v) is 7.34. The molecule has 3 N–H and O–H groups in total. The minimum Gasteiger partial charge on any atom is -0.348 e. The highest BCUT2D eigenvalue weighted by molar-refractivity contribution is 7.10. The fourth-order valence-corrected chi connectivity index (χ4v) is 3.07. The van der Waals surface area contributed by atoms with E-state index < -0.39 is 0 Å². The van der Waals surface area contributed by atoms with Crippen LogP contribution in [0.1, 0.15) is 30.7 Å². The van der Waals surface area contributed by atoms with Crippen molar-refractivity contribution in [2.75, 3.05) is 19.6 Å². The van der Waals surface area contributed by atoms with Crippen molar-refractivity contribution in [1.82, 2.24) is 10.2 Å². The van der Waals surface area contributed by atoms with Crippen molar-refractivity contribution in [2.24, 2.45) is 5.73 Å². The monoisotopic (exact) mass is 303 g/mol. The van der Waals surface area contributed by atoms with E-state index in [2.05, 4.69) is 10.2 Å². The van der Waals surface area contributed by atoms with E-state index >= 15 is 0 Å². The predicted molar refractivity (Wildman–Crippen MR) is 81.8 cm³/mol. The zero-order valence-corrected chi connectivity index (χ0v) is 12.8. The molecule has 1 aromatic rings. The Balaban J connectivity index is 0.00000180. The molecular formula is C13H22ClN3OS. The molecule has 2 rings (SSSR count). The van der Waals surface area contributed by atoms with E-state index in [1.54, 1.807) is 11.3 Å². The van der Waals surface area contributed by atoms with Gasteiger partial charge in [0.2, 0.25) is 5.91 Å². The lowest BCUT2D eigenvalue weighted by molar-refractivity contribution is -0.123. The fourth-order valence-electron chi connectivity index (χ4n) is 2.33. The van der Waals surface area contributed by atoms with Gasteiger partial charge in [0.05, 0.1) is 12.6 Å². The number of carbonyl (C=O) groups is 1. The zero-order valence-electron chi connectivity index (χ0n) is 11.2. The van der Waals surface area contributed by atoms with Crippen molar-refractivity contribution in [3.05, 3.63) is 22.4 Å². The molecule has 1 amide bonds. The maximum atomic E-state index is 11.9. The number of nitrogens with one attached hydrogen (secondary N) is 1. The van der Waals surface area contributed by atoms with Crippen molar-refractivity contribution < 1.29 is 4.79 Å². The van der Waals surface area contributed by atoms with Crippen LogP contribution in [-0.4, -0.2) is 36.5 Å². The van der Waals surface area contributed by atoms with Gasteiger partial charge in [0, 0.05) is 17.5 Å². The molecule has 1 fully saturated rings. The van der Waals surface area contributed by atoms with Gasteiger partial charge in [0.1, 0.15) is 0 Å². The number of halogens is 1. The molecule has 0 spiro atoms. The average Bonchev–Trinajstić information content (AvgIpc) is 2.81. The van der Waals surface area contributed by atoms with Crippen LogP contribution in [0.2, 0.25) is 0 Å². The second-order valence-electron chi connectivity index (χ2n) is 4.94. The Labute approximate surface area is 124 Å². The lowest BCUT2D eigenvalue weighted by atomic mass is 10.1. The molecule has 1 aliphatic rings. The van der Waals surface area contributed by atoms with E-state index in [1.165, 1.54) is 4.88 Å². The minimum atomic E-state index is 0. The molecule has 1 saturated heterocycles. The summed E-state index contributed by atoms with van der Waals surface area (Å²) in [4.78, 5) is 15.3. The van der Waals surface area contributed by atoms with Gasteiger partial charge in [0.25, 0.3) is 0 Å². The van der Waals surface area contributed by atoms with Crippen LogP contribution in [-0.2, 0) is 4.79 Å². The molecule has 0 aliphatic carbocycles. The molecule has 0 saturated carbocycles. The van der Waals surface area contributed by atoms with Crippen LogP contribution >= 0.6 is 23.7 Å². The van der Waals surface area contributed by atoms with E-state index in [0.717, 1.165) is 25.9 Å². The molecule has 2 atom stereocenters. The first-order chi connectivity index (χ1) is 8.65. The summed E-state index contributed by atoms with van der Waals surface area (Å²) in [6.45, 7) is 4.30. The van der Waals surface area contributed by atoms with Crippen molar-refractivity contribution in [3.63, 3.8) is 0 Å². The highest BCUT2D eigenvalue weighted by Crippen LogP contribution is 2.18. The number of hydrogen-bond donors (Lipinski definition) is 2. The van der Waals surface area contributed by atoms with Gasteiger partial charge >= 0.3 is 0 Å². The number of nitrogens with two attached hydrogens (primary N) is 1. The van der Waals surface area contributed by atoms with Crippen molar-refractivity contribution in [1.29, 1.82) is 0 Å². The van der Waals surface area contributed by atoms with Crippen LogP contribution in [0.5, 0.6) is 0 Å². The van der Waals surface area contributed by atoms with E-state index in [4.69, 9.17) is 5.73 Å². The molecule has 0 bridgehead atoms. The smallest absolute Gasteiger partial charge is 0.234 e. The number of carbonyl (C=O) groups excluding carboxylic acids is 1. The van der Waals surface area contributed by atoms with E-state index in [-0.39, 0.29) is 30.4 Å². The first-order valence-electron chi connectivity index (χ1n) is 6.46. The van der Waals surface area contributed by atoms with Crippen LogP contribution in [0.3, 0.4) is 0 Å². The van der Waals surface area contributed by atoms with E-state index in [0.29, 0.717) is 6.54 Å². The standard InChI is InChI=1S/C13H21N3OS.ClH/c1-10(12-5-3-7-18-12)15-13(17)9-16-6-2-4-11(14)8-16;/h3,5,7,10-11H,2,4,6,8-9,14H2,1H3,(H,15,17);1H. The largest absolute Gasteiger partial charge is 0.348 e. The third kappa shape index (κ3) is 5.10. The van der Waals surface area contributed by atoms with Gasteiger partial charge < -0.3 is 11.1 Å². The Kier molecular flexibility index (Phi) is 6.79. The maximum Gasteiger partial charge on any atom is 0.234 e. The fraction of sp³-hybridized carbons (Fsp3) is 0.615. The third-order valence-corrected chi connectivity index (χ3v) is 4.31. The van der Waals surface area contributed by atoms with Crippen LogP contribution in [0, 0.1) is 0 Å². The van der Waals surface area contributed by atoms with Gasteiger partial charge in [-0.15, -0.1) is 23.7 Å². The van der Waals surface area contributed by atoms with Crippen molar-refractivity contribution >= 4 is 29.7 Å². The predicted octanol–water partition coefficient (Wildman–Crippen LogP) is 1.77. The van der Waals surface area contributed by atoms with Gasteiger partial charge in [-0.05, 0) is 37.8 Å². The minimum absolute atomic E-state index is 0. The van der Waals surface area contributed by atoms with Gasteiger partial charge in [0.15, 0.2) is 0 Å². The molecule has 108 valence electrons. The summed E-state index contributed by atoms with van der Waals surface area (Å²) in [5.41, 5.74) is 5.91. The molecule has 0 radical (unpaired) electrons. The Morgan fingerprint density at radius 1 is 1.68 bits per heavy atom. The van der Waals surface area contributed by atoms with Gasteiger partial charge in [-0.2, -0.15) is 0 Å². The number of thiophene rings is 1. The van der Waals surface area contributed by atoms with Crippen molar-refractivity contribution in [2.45, 2.75) is 31.8 Å². The number of rotatable bonds is 4. The molecule has 1 aliphatic heterocycles. The highest BCUT2D eigenvalue weighted by atomic mass is 35.5. The quantitative estimate of drug-likeness (QED) is 0.891. The molecule has 4 nitrogen and oxygen atoms in total. The molecule has 1 aromatic heterocycles. The summed E-state index contributed by atoms with van der Waals surface area (Å²) in [6, 6.07) is 4.37. The number of likely N-dealkylation sites (tertiary alicyclic amines) is 1. The summed E-state index contributed by atoms with van der Waals surface area (Å²) in [5.74, 6) is 0.0880. The molecule has 2 unspecified atom stereocenters. The lowest BCUT2D eigenvalue weighted by Crippen LogP contribution is -2.47. The summed E-state index contributed by atoms with van der Waals surface area (Å²) < 4.78 is 0. The summed E-state index contributed by atoms with van der Waals surface area (Å²) in [5, 5.41) is 5.06. The number of amides is 1. The second kappa shape index (κ2) is 7.85. The molecule has 6 heteroatoms. The third-order valence-electron chi connectivity index (χ3n) is 3.26. The first kappa shape index (κ1) is 16.4. The van der Waals surface area contributed by atoms with Gasteiger partial charge in [-0.3, -0.25) is 9.69 Å². The second-order valence-corrected chi connectivity index (χ2v) is 5.92. The van der Waals surface area contributed by atoms with Crippen LogP contribution in [0.15, 0.2) is 17.5 Å². The van der Waals surface area contributed by atoms with Crippen molar-refractivity contribution in [3.8, 4) is 0 Å². The Hall–Kier alpha value is -0.620. The van der Waals surface area contributed by atoms with Gasteiger partial charge in [-0.1, -0.05) is 6.07 Å². The average molecular weight is 304 g/mol. The summed E-state index contributed by atoms with van der Waals surface area (Å²) >= 11 is 1.67. The Morgan fingerprint density at radius 3 is 3.11 bits per heavy atom. The summed E-state index contributed by atoms with van der Waals surface area (Å²) in [7, 11) is 0. The van der Waals surface area contributed by atoms with E-state index in [1.807, 2.05) is 24.4 Å². The number of piperidine rings is 1. The van der Waals surface area contributed by atoms with Crippen LogP contribution in [0.25, 0.3) is 0 Å². The van der Waals surface area contributed by atoms with Gasteiger partial charge in [-0.25, -0.2) is 0 Å². The zero-order chi connectivity index (χ0) is 13.0. The lowest BCUT2D eigenvalue weighted by Gasteiger charge is -2.30. The Bertz CT molecular complexity index is 385. The van der Waals surface area contributed by atoms with Crippen LogP contribution in [0.4, 0.5) is 0 Å². The maximum absolute atomic E-state index is 11.9. The molecule has 2 heterocycles. The van der Waals surface area contributed by atoms with Crippen LogP contribution < -0.4 is 11.1 Å². The number of hydrogen-bond acceptors (Lipinski definition) is 4. The molecule has 0 aromatic carbocycles. The SMILES string of the molecule is CC(NC(=O)CN1CCCC(N)C1)c1cccs1.Cl. The highest BCUT2D eigenvalue weighted by Gasteiger charge is 2.19. The Morgan fingerprint density at radius 2 is 2.47 bits per heavy atom. The number of nitrogens with zero attached hydrogens (tertiary/aromatic N) is 1. The normalized spacial score (nSPS) is 21.5. The molecular weight excluding hydrogens is 282 g/mol. The topological polar surface area (TPSA) is 58.4 Å². The summed E-state index contributed by atoms with van der Waals surface area (Å²) in [6.07, 6.45) is 2.17. The van der Waals surface area contributed by atoms with E-state index in [9.17, 15) is 4.79 Å².